The summed E-state index contributed by atoms with van der Waals surface area (Å²) in [4.78, 5) is 36.8. The van der Waals surface area contributed by atoms with Crippen LogP contribution in [0.5, 0.6) is 0 Å². The fraction of sp³-hybridized carbons (Fsp3) is 0.375. The second-order valence-corrected chi connectivity index (χ2v) is 3.01. The van der Waals surface area contributed by atoms with Crippen LogP contribution in [0.2, 0.25) is 0 Å². The Labute approximate surface area is 84.2 Å². The fourth-order valence-corrected chi connectivity index (χ4v) is 1.13. The van der Waals surface area contributed by atoms with E-state index in [4.69, 9.17) is 5.11 Å². The van der Waals surface area contributed by atoms with Gasteiger partial charge in [0.15, 0.2) is 0 Å². The van der Waals surface area contributed by atoms with Crippen LogP contribution < -0.4 is 16.6 Å². The summed E-state index contributed by atoms with van der Waals surface area (Å²) < 4.78 is 0. The lowest BCUT2D eigenvalue weighted by Crippen LogP contribution is -2.31. The third-order valence-electron chi connectivity index (χ3n) is 1.83. The summed E-state index contributed by atoms with van der Waals surface area (Å²) >= 11 is 0. The lowest BCUT2D eigenvalue weighted by Gasteiger charge is -2.03. The predicted octanol–water partition coefficient (Wildman–Crippen LogP) is -1.45. The summed E-state index contributed by atoms with van der Waals surface area (Å²) in [7, 11) is 0. The minimum Gasteiger partial charge on any atom is -0.480 e. The van der Waals surface area contributed by atoms with Crippen molar-refractivity contribution in [2.24, 2.45) is 0 Å². The smallest absolute Gasteiger partial charge is 0.325 e. The lowest BCUT2D eigenvalue weighted by molar-refractivity contribution is -0.136. The first-order chi connectivity index (χ1) is 7.00. The molecule has 1 aromatic rings. The van der Waals surface area contributed by atoms with Crippen molar-refractivity contribution in [1.82, 2.24) is 15.3 Å². The maximum absolute atomic E-state index is 11.3. The SMILES string of the molecule is Cc1[nH]c(=O)[nH]c(=O)c1CNCC(=O)O. The Hall–Kier alpha value is -1.89. The minimum atomic E-state index is -1.01. The summed E-state index contributed by atoms with van der Waals surface area (Å²) in [5.41, 5.74) is -0.314. The number of carboxylic acid groups (broad SMARTS) is 1. The van der Waals surface area contributed by atoms with Crippen LogP contribution in [0.15, 0.2) is 9.59 Å². The first-order valence-corrected chi connectivity index (χ1v) is 4.25. The van der Waals surface area contributed by atoms with E-state index in [0.717, 1.165) is 0 Å². The highest BCUT2D eigenvalue weighted by molar-refractivity contribution is 5.68. The molecule has 0 aliphatic heterocycles. The number of hydrogen-bond donors (Lipinski definition) is 4. The van der Waals surface area contributed by atoms with Gasteiger partial charge in [0.05, 0.1) is 12.1 Å². The molecule has 4 N–H and O–H groups in total. The molecule has 15 heavy (non-hydrogen) atoms. The zero-order chi connectivity index (χ0) is 11.4. The van der Waals surface area contributed by atoms with E-state index in [1.807, 2.05) is 0 Å². The van der Waals surface area contributed by atoms with Crippen LogP contribution >= 0.6 is 0 Å². The minimum absolute atomic E-state index is 0.101. The van der Waals surface area contributed by atoms with Gasteiger partial charge < -0.3 is 15.4 Å². The van der Waals surface area contributed by atoms with E-state index in [1.54, 1.807) is 6.92 Å². The van der Waals surface area contributed by atoms with Gasteiger partial charge in [-0.25, -0.2) is 4.79 Å². The van der Waals surface area contributed by atoms with E-state index in [9.17, 15) is 14.4 Å². The van der Waals surface area contributed by atoms with Crippen LogP contribution in [0.1, 0.15) is 11.3 Å². The molecular weight excluding hydrogens is 202 g/mol. The first kappa shape index (κ1) is 11.2. The van der Waals surface area contributed by atoms with Crippen molar-refractivity contribution in [2.75, 3.05) is 6.54 Å². The molecular formula is C8H11N3O4. The Morgan fingerprint density at radius 3 is 2.60 bits per heavy atom. The van der Waals surface area contributed by atoms with Crippen LogP contribution in [-0.4, -0.2) is 27.6 Å². The maximum Gasteiger partial charge on any atom is 0.325 e. The third kappa shape index (κ3) is 3.06. The van der Waals surface area contributed by atoms with E-state index >= 15 is 0 Å². The number of aliphatic carboxylic acids is 1. The van der Waals surface area contributed by atoms with Crippen LogP contribution in [0, 0.1) is 6.92 Å². The van der Waals surface area contributed by atoms with E-state index in [0.29, 0.717) is 11.3 Å². The van der Waals surface area contributed by atoms with Crippen LogP contribution in [0.25, 0.3) is 0 Å². The highest BCUT2D eigenvalue weighted by atomic mass is 16.4. The second-order valence-electron chi connectivity index (χ2n) is 3.01. The molecule has 0 bridgehead atoms. The Morgan fingerprint density at radius 2 is 2.07 bits per heavy atom. The number of nitrogens with one attached hydrogen (secondary N) is 3. The average molecular weight is 213 g/mol. The Balaban J connectivity index is 2.82. The number of aromatic amines is 2. The molecule has 82 valence electrons. The summed E-state index contributed by atoms with van der Waals surface area (Å²) in [5.74, 6) is -1.01. The zero-order valence-corrected chi connectivity index (χ0v) is 8.09. The van der Waals surface area contributed by atoms with E-state index in [-0.39, 0.29) is 13.1 Å². The van der Waals surface area contributed by atoms with Crippen molar-refractivity contribution >= 4 is 5.97 Å². The van der Waals surface area contributed by atoms with Gasteiger partial charge in [0.1, 0.15) is 0 Å². The summed E-state index contributed by atoms with van der Waals surface area (Å²) in [5, 5.41) is 10.9. The molecule has 0 saturated heterocycles. The molecule has 0 amide bonds. The molecule has 1 rings (SSSR count). The van der Waals surface area contributed by atoms with Gasteiger partial charge in [-0.3, -0.25) is 14.6 Å². The third-order valence-corrected chi connectivity index (χ3v) is 1.83. The summed E-state index contributed by atoms with van der Waals surface area (Å²) in [6, 6.07) is 0. The van der Waals surface area contributed by atoms with Crippen LogP contribution in [0.4, 0.5) is 0 Å². The van der Waals surface area contributed by atoms with E-state index < -0.39 is 17.2 Å². The van der Waals surface area contributed by atoms with Crippen molar-refractivity contribution in [3.63, 3.8) is 0 Å². The molecule has 0 fully saturated rings. The van der Waals surface area contributed by atoms with Gasteiger partial charge in [-0.1, -0.05) is 0 Å². The summed E-state index contributed by atoms with van der Waals surface area (Å²) in [6.07, 6.45) is 0. The molecule has 0 spiro atoms. The van der Waals surface area contributed by atoms with Gasteiger partial charge in [-0.05, 0) is 6.92 Å². The molecule has 0 atom stereocenters. The van der Waals surface area contributed by atoms with Gasteiger partial charge in [0, 0.05) is 12.2 Å². The van der Waals surface area contributed by atoms with Gasteiger partial charge in [0.25, 0.3) is 5.56 Å². The highest BCUT2D eigenvalue weighted by Crippen LogP contribution is 1.93. The topological polar surface area (TPSA) is 115 Å². The number of aryl methyl sites for hydroxylation is 1. The van der Waals surface area contributed by atoms with Crippen molar-refractivity contribution < 1.29 is 9.90 Å². The molecule has 0 saturated carbocycles. The number of rotatable bonds is 4. The van der Waals surface area contributed by atoms with Gasteiger partial charge >= 0.3 is 11.7 Å². The largest absolute Gasteiger partial charge is 0.480 e. The molecule has 7 nitrogen and oxygen atoms in total. The van der Waals surface area contributed by atoms with Gasteiger partial charge in [-0.2, -0.15) is 0 Å². The monoisotopic (exact) mass is 213 g/mol. The molecule has 7 heteroatoms. The number of carbonyl (C=O) groups is 1. The lowest BCUT2D eigenvalue weighted by atomic mass is 10.2. The molecule has 0 unspecified atom stereocenters. The highest BCUT2D eigenvalue weighted by Gasteiger charge is 2.05. The van der Waals surface area contributed by atoms with Crippen LogP contribution in [0.3, 0.4) is 0 Å². The number of H-pyrrole nitrogens is 2. The summed E-state index contributed by atoms with van der Waals surface area (Å²) in [6.45, 7) is 1.44. The predicted molar refractivity (Wildman–Crippen MR) is 51.8 cm³/mol. The molecule has 0 aliphatic carbocycles. The molecule has 0 aliphatic rings. The first-order valence-electron chi connectivity index (χ1n) is 4.25. The second kappa shape index (κ2) is 4.56. The number of carboxylic acids is 1. The Bertz CT molecular complexity index is 474. The maximum atomic E-state index is 11.3. The Kier molecular flexibility index (Phi) is 3.40. The van der Waals surface area contributed by atoms with E-state index in [1.165, 1.54) is 0 Å². The van der Waals surface area contributed by atoms with Crippen LogP contribution in [-0.2, 0) is 11.3 Å². The van der Waals surface area contributed by atoms with E-state index in [2.05, 4.69) is 15.3 Å². The van der Waals surface area contributed by atoms with Crippen molar-refractivity contribution in [2.45, 2.75) is 13.5 Å². The quantitative estimate of drug-likeness (QED) is 0.488. The fourth-order valence-electron chi connectivity index (χ4n) is 1.13. The molecule has 0 radical (unpaired) electrons. The Morgan fingerprint density at radius 1 is 1.40 bits per heavy atom. The van der Waals surface area contributed by atoms with Crippen molar-refractivity contribution in [1.29, 1.82) is 0 Å². The molecule has 1 heterocycles. The average Bonchev–Trinajstić information content (AvgIpc) is 2.08. The van der Waals surface area contributed by atoms with Crippen molar-refractivity contribution in [3.8, 4) is 0 Å². The van der Waals surface area contributed by atoms with Gasteiger partial charge in [-0.15, -0.1) is 0 Å². The number of aromatic nitrogens is 2. The normalized spacial score (nSPS) is 10.2. The van der Waals surface area contributed by atoms with Crippen molar-refractivity contribution in [3.05, 3.63) is 32.1 Å². The zero-order valence-electron chi connectivity index (χ0n) is 8.09. The van der Waals surface area contributed by atoms with Gasteiger partial charge in [0.2, 0.25) is 0 Å². The molecule has 1 aromatic heterocycles. The standard InChI is InChI=1S/C8H11N3O4/c1-4-5(2-9-3-6(12)13)7(14)11-8(15)10-4/h9H,2-3H2,1H3,(H,12,13)(H2,10,11,14,15). The molecule has 0 aromatic carbocycles. The number of hydrogen-bond acceptors (Lipinski definition) is 4.